The van der Waals surface area contributed by atoms with Gasteiger partial charge < -0.3 is 4.98 Å². The summed E-state index contributed by atoms with van der Waals surface area (Å²) in [5.74, 6) is 0. The summed E-state index contributed by atoms with van der Waals surface area (Å²) in [4.78, 5) is 21.8. The van der Waals surface area contributed by atoms with Crippen LogP contribution >= 0.6 is 0 Å². The first kappa shape index (κ1) is 27.9. The summed E-state index contributed by atoms with van der Waals surface area (Å²) in [5.41, 5.74) is 4.94. The molecule has 5 heterocycles. The average molecular weight is 594 g/mol. The van der Waals surface area contributed by atoms with Crippen molar-refractivity contribution in [3.05, 3.63) is 152 Å². The number of benzene rings is 4. The number of hydrogen-bond donors (Lipinski definition) is 0. The molecule has 0 radical (unpaired) electrons. The molecule has 0 aliphatic carbocycles. The SMILES string of the molecule is [Fe].[c-]1cccc2ccc3cccnc3c12.c1cnc2c(c1)ccc1cccnc12.c1cnc2c(c1)ccc1cccnc12. The van der Waals surface area contributed by atoms with Gasteiger partial charge in [0.05, 0.1) is 22.1 Å². The molecule has 0 unspecified atom stereocenters. The van der Waals surface area contributed by atoms with Gasteiger partial charge in [0.1, 0.15) is 0 Å². The van der Waals surface area contributed by atoms with Crippen LogP contribution in [0.2, 0.25) is 0 Å². The molecule has 0 atom stereocenters. The van der Waals surface area contributed by atoms with Crippen molar-refractivity contribution >= 4 is 65.3 Å². The summed E-state index contributed by atoms with van der Waals surface area (Å²) >= 11 is 0. The first-order chi connectivity index (χ1) is 20.8. The fraction of sp³-hybridized carbons (Fsp3) is 0. The van der Waals surface area contributed by atoms with Crippen LogP contribution < -0.4 is 0 Å². The standard InChI is InChI=1S/C13H8N.2C12H8N2.Fe/c1-2-6-12-10(4-1)7-8-11-5-3-9-14-13(11)12;2*1-3-9-5-6-10-4-2-8-14-12(10)11(9)13-7-1;/h1-5,7-9H;2*1-8H;/q-1;;;. The molecule has 6 heteroatoms. The summed E-state index contributed by atoms with van der Waals surface area (Å²) in [6, 6.07) is 41.7. The molecule has 0 N–H and O–H groups in total. The van der Waals surface area contributed by atoms with Crippen molar-refractivity contribution in [3.8, 4) is 0 Å². The molecule has 43 heavy (non-hydrogen) atoms. The number of fused-ring (bicyclic) bond motifs is 9. The monoisotopic (exact) mass is 594 g/mol. The van der Waals surface area contributed by atoms with Crippen LogP contribution in [-0.2, 0) is 17.1 Å². The van der Waals surface area contributed by atoms with Crippen LogP contribution in [-0.4, -0.2) is 24.9 Å². The minimum absolute atomic E-state index is 0. The summed E-state index contributed by atoms with van der Waals surface area (Å²) in [6.07, 6.45) is 9.03. The molecular weight excluding hydrogens is 570 g/mol. The van der Waals surface area contributed by atoms with Gasteiger partial charge in [-0.1, -0.05) is 66.7 Å². The molecule has 5 aromatic heterocycles. The minimum atomic E-state index is 0. The Balaban J connectivity index is 0.000000113. The molecule has 9 rings (SSSR count). The Labute approximate surface area is 258 Å². The fourth-order valence-corrected chi connectivity index (χ4v) is 5.09. The average Bonchev–Trinajstić information content (AvgIpc) is 3.09. The third-order valence-electron chi connectivity index (χ3n) is 7.10. The van der Waals surface area contributed by atoms with Gasteiger partial charge in [-0.15, -0.1) is 35.0 Å². The van der Waals surface area contributed by atoms with Crippen molar-refractivity contribution in [2.75, 3.05) is 0 Å². The van der Waals surface area contributed by atoms with Crippen LogP contribution in [0.1, 0.15) is 0 Å². The molecule has 4 aromatic carbocycles. The second-order valence-electron chi connectivity index (χ2n) is 9.71. The van der Waals surface area contributed by atoms with Gasteiger partial charge in [0.25, 0.3) is 0 Å². The van der Waals surface area contributed by atoms with E-state index in [2.05, 4.69) is 104 Å². The molecule has 0 saturated heterocycles. The molecule has 0 spiro atoms. The first-order valence-corrected chi connectivity index (χ1v) is 13.7. The second-order valence-corrected chi connectivity index (χ2v) is 9.71. The number of hydrogen-bond acceptors (Lipinski definition) is 5. The number of nitrogens with zero attached hydrogens (tertiary/aromatic N) is 5. The molecule has 9 aromatic rings. The zero-order valence-electron chi connectivity index (χ0n) is 22.9. The third kappa shape index (κ3) is 5.75. The second kappa shape index (κ2) is 12.7. The van der Waals surface area contributed by atoms with Crippen molar-refractivity contribution < 1.29 is 17.1 Å². The molecule has 0 saturated carbocycles. The van der Waals surface area contributed by atoms with Crippen molar-refractivity contribution in [2.45, 2.75) is 0 Å². The Morgan fingerprint density at radius 2 is 0.628 bits per heavy atom. The van der Waals surface area contributed by atoms with Gasteiger partial charge in [0, 0.05) is 69.6 Å². The van der Waals surface area contributed by atoms with E-state index >= 15 is 0 Å². The molecule has 0 bridgehead atoms. The predicted octanol–water partition coefficient (Wildman–Crippen LogP) is 8.75. The Bertz CT molecular complexity index is 1910. The largest absolute Gasteiger partial charge is 0.304 e. The van der Waals surface area contributed by atoms with Gasteiger partial charge in [-0.25, -0.2) is 0 Å². The quantitative estimate of drug-likeness (QED) is 0.0998. The van der Waals surface area contributed by atoms with Crippen molar-refractivity contribution in [1.82, 2.24) is 24.9 Å². The van der Waals surface area contributed by atoms with Crippen LogP contribution in [0.5, 0.6) is 0 Å². The zero-order valence-corrected chi connectivity index (χ0v) is 24.1. The topological polar surface area (TPSA) is 64.5 Å². The van der Waals surface area contributed by atoms with Crippen LogP contribution in [0.15, 0.2) is 146 Å². The normalized spacial score (nSPS) is 10.6. The van der Waals surface area contributed by atoms with E-state index in [4.69, 9.17) is 0 Å². The van der Waals surface area contributed by atoms with E-state index < -0.39 is 0 Å². The van der Waals surface area contributed by atoms with Crippen molar-refractivity contribution in [2.24, 2.45) is 0 Å². The summed E-state index contributed by atoms with van der Waals surface area (Å²) in [7, 11) is 0. The zero-order chi connectivity index (χ0) is 28.1. The molecule has 0 amide bonds. The van der Waals surface area contributed by atoms with Gasteiger partial charge in [-0.2, -0.15) is 0 Å². The van der Waals surface area contributed by atoms with Crippen LogP contribution in [0.3, 0.4) is 0 Å². The fourth-order valence-electron chi connectivity index (χ4n) is 5.09. The minimum Gasteiger partial charge on any atom is -0.304 e. The van der Waals surface area contributed by atoms with Gasteiger partial charge in [-0.3, -0.25) is 19.9 Å². The van der Waals surface area contributed by atoms with Crippen LogP contribution in [0.4, 0.5) is 0 Å². The van der Waals surface area contributed by atoms with Crippen LogP contribution in [0.25, 0.3) is 65.3 Å². The maximum atomic E-state index is 4.38. The Hall–Kier alpha value is -5.29. The summed E-state index contributed by atoms with van der Waals surface area (Å²) in [5, 5.41) is 8.02. The number of aromatic nitrogens is 5. The molecule has 206 valence electrons. The maximum absolute atomic E-state index is 4.38. The van der Waals surface area contributed by atoms with E-state index in [-0.39, 0.29) is 17.1 Å². The van der Waals surface area contributed by atoms with Crippen LogP contribution in [0, 0.1) is 6.07 Å². The van der Waals surface area contributed by atoms with E-state index in [0.29, 0.717) is 0 Å². The van der Waals surface area contributed by atoms with E-state index in [9.17, 15) is 0 Å². The predicted molar refractivity (Wildman–Crippen MR) is 172 cm³/mol. The third-order valence-corrected chi connectivity index (χ3v) is 7.10. The number of pyridine rings is 5. The van der Waals surface area contributed by atoms with E-state index in [1.165, 1.54) is 10.8 Å². The van der Waals surface area contributed by atoms with Gasteiger partial charge >= 0.3 is 0 Å². The van der Waals surface area contributed by atoms with Gasteiger partial charge in [0.15, 0.2) is 0 Å². The molecule has 5 nitrogen and oxygen atoms in total. The summed E-state index contributed by atoms with van der Waals surface area (Å²) in [6.45, 7) is 0. The smallest absolute Gasteiger partial charge is 0.0964 e. The van der Waals surface area contributed by atoms with Gasteiger partial charge in [-0.05, 0) is 41.2 Å². The first-order valence-electron chi connectivity index (χ1n) is 13.7. The van der Waals surface area contributed by atoms with E-state index in [1.807, 2.05) is 48.7 Å². The Morgan fingerprint density at radius 1 is 0.326 bits per heavy atom. The maximum Gasteiger partial charge on any atom is 0.0964 e. The molecule has 0 aliphatic heterocycles. The Kier molecular flexibility index (Phi) is 8.23. The number of rotatable bonds is 0. The molecule has 0 aliphatic rings. The summed E-state index contributed by atoms with van der Waals surface area (Å²) < 4.78 is 0. The molecule has 0 fully saturated rings. The Morgan fingerprint density at radius 3 is 1.02 bits per heavy atom. The van der Waals surface area contributed by atoms with Crippen molar-refractivity contribution in [1.29, 1.82) is 0 Å². The van der Waals surface area contributed by atoms with E-state index in [0.717, 1.165) is 54.5 Å². The van der Waals surface area contributed by atoms with Crippen molar-refractivity contribution in [3.63, 3.8) is 0 Å². The van der Waals surface area contributed by atoms with E-state index in [1.54, 1.807) is 24.8 Å². The molecular formula is C37H24FeN5-. The van der Waals surface area contributed by atoms with Gasteiger partial charge in [0.2, 0.25) is 0 Å².